The number of hydrogen-bond acceptors (Lipinski definition) is 3. The molecule has 0 radical (unpaired) electrons. The van der Waals surface area contributed by atoms with Crippen molar-refractivity contribution in [2.24, 2.45) is 0 Å². The van der Waals surface area contributed by atoms with Gasteiger partial charge in [0.05, 0.1) is 23.9 Å². The summed E-state index contributed by atoms with van der Waals surface area (Å²) in [7, 11) is 0. The number of hydrogen-bond donors (Lipinski definition) is 1. The third kappa shape index (κ3) is 2.37. The van der Waals surface area contributed by atoms with E-state index in [0.717, 1.165) is 38.8 Å². The number of anilines is 1. The van der Waals surface area contributed by atoms with Gasteiger partial charge in [-0.1, -0.05) is 24.8 Å². The Balaban J connectivity index is 1.45. The number of aryl methyl sites for hydroxylation is 1. The van der Waals surface area contributed by atoms with Crippen LogP contribution in [0.3, 0.4) is 0 Å². The lowest BCUT2D eigenvalue weighted by Gasteiger charge is -2.39. The number of H-pyrrole nitrogens is 1. The molecule has 3 aromatic rings. The number of carbonyl (C=O) groups is 2. The van der Waals surface area contributed by atoms with Gasteiger partial charge in [-0.2, -0.15) is 5.10 Å². The molecule has 2 aromatic carbocycles. The number of benzene rings is 2. The third-order valence-electron chi connectivity index (χ3n) is 5.84. The average molecular weight is 372 g/mol. The molecule has 6 nitrogen and oxygen atoms in total. The Kier molecular flexibility index (Phi) is 3.62. The van der Waals surface area contributed by atoms with Gasteiger partial charge < -0.3 is 9.80 Å². The van der Waals surface area contributed by atoms with Gasteiger partial charge in [0.1, 0.15) is 0 Å². The molecule has 3 heterocycles. The maximum Gasteiger partial charge on any atom is 0.258 e. The summed E-state index contributed by atoms with van der Waals surface area (Å²) in [5, 5.41) is 8.06. The first-order chi connectivity index (χ1) is 13.6. The quantitative estimate of drug-likeness (QED) is 0.718. The van der Waals surface area contributed by atoms with E-state index < -0.39 is 0 Å². The Bertz CT molecular complexity index is 1140. The lowest BCUT2D eigenvalue weighted by Crippen LogP contribution is -2.47. The zero-order chi connectivity index (χ0) is 19.4. The van der Waals surface area contributed by atoms with Crippen molar-refractivity contribution in [3.63, 3.8) is 0 Å². The molecule has 1 N–H and O–H groups in total. The summed E-state index contributed by atoms with van der Waals surface area (Å²) in [5.74, 6) is 0.255. The van der Waals surface area contributed by atoms with Gasteiger partial charge in [-0.25, -0.2) is 0 Å². The first kappa shape index (κ1) is 16.7. The van der Waals surface area contributed by atoms with E-state index in [4.69, 9.17) is 0 Å². The average Bonchev–Trinajstić information content (AvgIpc) is 3.25. The summed E-state index contributed by atoms with van der Waals surface area (Å²) in [6.45, 7) is 7.46. The van der Waals surface area contributed by atoms with Gasteiger partial charge >= 0.3 is 0 Å². The molecule has 0 saturated carbocycles. The van der Waals surface area contributed by atoms with Gasteiger partial charge in [-0.15, -0.1) is 0 Å². The molecule has 1 saturated heterocycles. The maximum atomic E-state index is 13.2. The Morgan fingerprint density at radius 2 is 2.11 bits per heavy atom. The second-order valence-electron chi connectivity index (χ2n) is 7.51. The van der Waals surface area contributed by atoms with E-state index in [0.29, 0.717) is 19.6 Å². The van der Waals surface area contributed by atoms with E-state index in [1.807, 2.05) is 36.1 Å². The van der Waals surface area contributed by atoms with Crippen LogP contribution < -0.4 is 4.90 Å². The number of amides is 2. The molecular formula is C22H20N4O2. The van der Waals surface area contributed by atoms with Crippen LogP contribution >= 0.6 is 0 Å². The second-order valence-corrected chi connectivity index (χ2v) is 7.51. The highest BCUT2D eigenvalue weighted by molar-refractivity contribution is 6.14. The predicted molar refractivity (Wildman–Crippen MR) is 107 cm³/mol. The zero-order valence-electron chi connectivity index (χ0n) is 15.6. The van der Waals surface area contributed by atoms with Crippen molar-refractivity contribution < 1.29 is 9.59 Å². The summed E-state index contributed by atoms with van der Waals surface area (Å²) >= 11 is 0. The number of fused-ring (bicyclic) bond motifs is 2. The Hall–Kier alpha value is -3.41. The van der Waals surface area contributed by atoms with Crippen molar-refractivity contribution in [2.45, 2.75) is 19.4 Å². The molecule has 1 aromatic heterocycles. The highest BCUT2D eigenvalue weighted by Gasteiger charge is 2.34. The fourth-order valence-electron chi connectivity index (χ4n) is 4.22. The van der Waals surface area contributed by atoms with Crippen molar-refractivity contribution in [3.8, 4) is 0 Å². The summed E-state index contributed by atoms with van der Waals surface area (Å²) in [6, 6.07) is 10.1. The van der Waals surface area contributed by atoms with Crippen LogP contribution in [0.25, 0.3) is 10.9 Å². The molecule has 28 heavy (non-hydrogen) atoms. The minimum Gasteiger partial charge on any atom is -0.338 e. The largest absolute Gasteiger partial charge is 0.338 e. The van der Waals surface area contributed by atoms with E-state index in [1.54, 1.807) is 11.1 Å². The molecule has 2 aliphatic heterocycles. The number of nitrogens with zero attached hydrogens (tertiary/aromatic N) is 3. The van der Waals surface area contributed by atoms with Gasteiger partial charge in [-0.05, 0) is 41.8 Å². The van der Waals surface area contributed by atoms with E-state index in [2.05, 4.69) is 22.8 Å². The van der Waals surface area contributed by atoms with E-state index in [1.165, 1.54) is 6.08 Å². The molecular weight excluding hydrogens is 352 g/mol. The number of aromatic nitrogens is 2. The van der Waals surface area contributed by atoms with Crippen LogP contribution in [0.15, 0.2) is 49.2 Å². The maximum absolute atomic E-state index is 13.2. The summed E-state index contributed by atoms with van der Waals surface area (Å²) < 4.78 is 0. The molecule has 1 fully saturated rings. The molecule has 0 unspecified atom stereocenters. The van der Waals surface area contributed by atoms with Gasteiger partial charge in [0.25, 0.3) is 5.91 Å². The summed E-state index contributed by atoms with van der Waals surface area (Å²) in [4.78, 5) is 28.5. The lowest BCUT2D eigenvalue weighted by molar-refractivity contribution is -0.130. The third-order valence-corrected chi connectivity index (χ3v) is 5.84. The van der Waals surface area contributed by atoms with E-state index in [9.17, 15) is 9.59 Å². The Labute approximate surface area is 162 Å². The molecule has 140 valence electrons. The standard InChI is InChI=1S/C22H20N4O2/c1-3-20(27)25-10-16(11-25)14-5-6-15-12-26(22(28)17(15)8-14)21-13(2)4-7-19-18(21)9-23-24-19/h3-9,16H,1,10-12H2,2H3,(H,23,24). The lowest BCUT2D eigenvalue weighted by atomic mass is 9.89. The fraction of sp³-hybridized carbons (Fsp3) is 0.227. The number of carbonyl (C=O) groups excluding carboxylic acids is 2. The van der Waals surface area contributed by atoms with Crippen LogP contribution in [-0.4, -0.2) is 40.0 Å². The van der Waals surface area contributed by atoms with Crippen molar-refractivity contribution in [1.82, 2.24) is 15.1 Å². The number of rotatable bonds is 3. The Morgan fingerprint density at radius 1 is 1.29 bits per heavy atom. The fourth-order valence-corrected chi connectivity index (χ4v) is 4.22. The first-order valence-electron chi connectivity index (χ1n) is 9.35. The van der Waals surface area contributed by atoms with Crippen molar-refractivity contribution in [2.75, 3.05) is 18.0 Å². The number of nitrogens with one attached hydrogen (secondary N) is 1. The zero-order valence-corrected chi connectivity index (χ0v) is 15.6. The van der Waals surface area contributed by atoms with E-state index >= 15 is 0 Å². The van der Waals surface area contributed by atoms with Gasteiger partial charge in [0.2, 0.25) is 5.91 Å². The van der Waals surface area contributed by atoms with Crippen LogP contribution in [0.4, 0.5) is 5.69 Å². The molecule has 0 atom stereocenters. The van der Waals surface area contributed by atoms with Crippen molar-refractivity contribution in [1.29, 1.82) is 0 Å². The van der Waals surface area contributed by atoms with Crippen molar-refractivity contribution in [3.05, 3.63) is 71.4 Å². The molecule has 5 rings (SSSR count). The normalized spacial score (nSPS) is 16.4. The van der Waals surface area contributed by atoms with Crippen LogP contribution in [0.2, 0.25) is 0 Å². The molecule has 2 aliphatic rings. The topological polar surface area (TPSA) is 69.3 Å². The predicted octanol–water partition coefficient (Wildman–Crippen LogP) is 3.14. The highest BCUT2D eigenvalue weighted by atomic mass is 16.2. The molecule has 2 amide bonds. The minimum atomic E-state index is -0.0386. The highest BCUT2D eigenvalue weighted by Crippen LogP contribution is 2.37. The monoisotopic (exact) mass is 372 g/mol. The van der Waals surface area contributed by atoms with E-state index in [-0.39, 0.29) is 17.7 Å². The van der Waals surface area contributed by atoms with Gasteiger partial charge in [0, 0.05) is 30.0 Å². The van der Waals surface area contributed by atoms with Crippen LogP contribution in [-0.2, 0) is 11.3 Å². The first-order valence-corrected chi connectivity index (χ1v) is 9.35. The van der Waals surface area contributed by atoms with Crippen LogP contribution in [0.5, 0.6) is 0 Å². The molecule has 0 bridgehead atoms. The second kappa shape index (κ2) is 6.05. The SMILES string of the molecule is C=CC(=O)N1CC(c2ccc3c(c2)C(=O)N(c2c(C)ccc4[nH]ncc24)C3)C1. The van der Waals surface area contributed by atoms with Gasteiger partial charge in [0.15, 0.2) is 0 Å². The number of likely N-dealkylation sites (tertiary alicyclic amines) is 1. The van der Waals surface area contributed by atoms with Gasteiger partial charge in [-0.3, -0.25) is 14.7 Å². The van der Waals surface area contributed by atoms with Crippen LogP contribution in [0.1, 0.15) is 33.0 Å². The summed E-state index contributed by atoms with van der Waals surface area (Å²) in [5.41, 5.74) is 5.79. The smallest absolute Gasteiger partial charge is 0.258 e. The minimum absolute atomic E-state index is 0.0204. The van der Waals surface area contributed by atoms with Crippen LogP contribution in [0, 0.1) is 6.92 Å². The molecule has 0 aliphatic carbocycles. The number of aromatic amines is 1. The molecule has 6 heteroatoms. The van der Waals surface area contributed by atoms with Crippen molar-refractivity contribution >= 4 is 28.4 Å². The Morgan fingerprint density at radius 3 is 2.89 bits per heavy atom. The molecule has 0 spiro atoms. The summed E-state index contributed by atoms with van der Waals surface area (Å²) in [6.07, 6.45) is 3.12.